The summed E-state index contributed by atoms with van der Waals surface area (Å²) < 4.78 is 29.5. The zero-order valence-electron chi connectivity index (χ0n) is 18.1. The van der Waals surface area contributed by atoms with Crippen LogP contribution in [0.25, 0.3) is 0 Å². The topological polar surface area (TPSA) is 102 Å². The first-order valence-corrected chi connectivity index (χ1v) is 13.5. The van der Waals surface area contributed by atoms with Gasteiger partial charge in [0.05, 0.1) is 16.9 Å². The van der Waals surface area contributed by atoms with Gasteiger partial charge in [-0.2, -0.15) is 0 Å². The maximum Gasteiger partial charge on any atom is 0.256 e. The minimum absolute atomic E-state index is 0.107. The molecule has 0 heterocycles. The number of carbonyl (C=O) groups is 2. The van der Waals surface area contributed by atoms with Gasteiger partial charge in [0.15, 0.2) is 0 Å². The molecule has 2 aromatic rings. The zero-order chi connectivity index (χ0) is 24.8. The van der Waals surface area contributed by atoms with Gasteiger partial charge in [0.25, 0.3) is 11.8 Å². The number of anilines is 1. The van der Waals surface area contributed by atoms with Crippen LogP contribution < -0.4 is 15.4 Å². The Morgan fingerprint density at radius 3 is 2.30 bits per heavy atom. The van der Waals surface area contributed by atoms with Gasteiger partial charge in [0, 0.05) is 21.1 Å². The maximum atomic E-state index is 13.0. The fraction of sp³-hybridized carbons (Fsp3) is 0.273. The second kappa shape index (κ2) is 11.5. The molecule has 2 rings (SSSR count). The average Bonchev–Trinajstić information content (AvgIpc) is 2.66. The van der Waals surface area contributed by atoms with Crippen LogP contribution >= 0.6 is 45.8 Å². The van der Waals surface area contributed by atoms with Gasteiger partial charge in [-0.05, 0) is 78.9 Å². The number of ether oxygens (including phenoxy) is 1. The van der Waals surface area contributed by atoms with Crippen molar-refractivity contribution in [1.29, 1.82) is 0 Å². The highest BCUT2D eigenvalue weighted by atomic mass is 127. The van der Waals surface area contributed by atoms with Crippen molar-refractivity contribution >= 4 is 73.1 Å². The van der Waals surface area contributed by atoms with E-state index in [9.17, 15) is 18.0 Å². The number of benzene rings is 2. The summed E-state index contributed by atoms with van der Waals surface area (Å²) in [5.41, 5.74) is -0.185. The Hall–Kier alpha value is -1.82. The van der Waals surface area contributed by atoms with Gasteiger partial charge >= 0.3 is 0 Å². The summed E-state index contributed by atoms with van der Waals surface area (Å²) in [4.78, 5) is 26.0. The van der Waals surface area contributed by atoms with Gasteiger partial charge in [-0.25, -0.2) is 8.42 Å². The van der Waals surface area contributed by atoms with Crippen LogP contribution in [0.15, 0.2) is 53.0 Å². The summed E-state index contributed by atoms with van der Waals surface area (Å²) in [6, 6.07) is 11.5. The fourth-order valence-corrected chi connectivity index (χ4v) is 5.29. The number of nitrogens with one attached hydrogen (secondary N) is 2. The fourth-order valence-electron chi connectivity index (χ4n) is 3.04. The molecule has 0 bridgehead atoms. The van der Waals surface area contributed by atoms with Crippen LogP contribution in [0.1, 0.15) is 34.6 Å². The standard InChI is InChI=1S/C22H23Cl2IN2O5S/c1-22(2,13-33(3,30)31)27-21(29)19-16(5-4-6-17(19)25)20(28)26-14-7-9-15(10-8-14)32-12-11-18(23)24/h4-11H,12-13H2,1-3H3,(H,26,28)(H,27,29). The molecular formula is C22H23Cl2IN2O5S. The van der Waals surface area contributed by atoms with Crippen LogP contribution in [-0.2, 0) is 9.84 Å². The van der Waals surface area contributed by atoms with Crippen LogP contribution in [0.3, 0.4) is 0 Å². The predicted octanol–water partition coefficient (Wildman–Crippen LogP) is 4.79. The molecule has 0 fully saturated rings. The molecule has 0 aromatic heterocycles. The highest BCUT2D eigenvalue weighted by molar-refractivity contribution is 14.1. The quantitative estimate of drug-likeness (QED) is 0.391. The Morgan fingerprint density at radius 2 is 1.73 bits per heavy atom. The summed E-state index contributed by atoms with van der Waals surface area (Å²) in [5, 5.41) is 5.48. The molecule has 2 N–H and O–H groups in total. The van der Waals surface area contributed by atoms with E-state index in [0.717, 1.165) is 6.26 Å². The number of sulfone groups is 1. The van der Waals surface area contributed by atoms with Crippen molar-refractivity contribution in [3.8, 4) is 5.75 Å². The summed E-state index contributed by atoms with van der Waals surface area (Å²) in [6.45, 7) is 3.43. The molecule has 2 aromatic carbocycles. The maximum absolute atomic E-state index is 13.0. The first kappa shape index (κ1) is 27.4. The van der Waals surface area contributed by atoms with Crippen molar-refractivity contribution in [2.45, 2.75) is 19.4 Å². The van der Waals surface area contributed by atoms with Gasteiger partial charge in [0.1, 0.15) is 26.7 Å². The Labute approximate surface area is 216 Å². The number of halogens is 3. The number of hydrogen-bond donors (Lipinski definition) is 2. The number of carbonyl (C=O) groups excluding carboxylic acids is 2. The highest BCUT2D eigenvalue weighted by Gasteiger charge is 2.28. The van der Waals surface area contributed by atoms with E-state index in [1.54, 1.807) is 50.2 Å². The normalized spacial score (nSPS) is 11.5. The molecule has 33 heavy (non-hydrogen) atoms. The van der Waals surface area contributed by atoms with E-state index in [-0.39, 0.29) is 28.0 Å². The van der Waals surface area contributed by atoms with Crippen LogP contribution in [0.2, 0.25) is 0 Å². The lowest BCUT2D eigenvalue weighted by atomic mass is 10.0. The largest absolute Gasteiger partial charge is 0.489 e. The van der Waals surface area contributed by atoms with Crippen LogP contribution in [0.4, 0.5) is 5.69 Å². The molecule has 0 radical (unpaired) electrons. The monoisotopic (exact) mass is 624 g/mol. The van der Waals surface area contributed by atoms with Crippen molar-refractivity contribution in [2.24, 2.45) is 0 Å². The van der Waals surface area contributed by atoms with Gasteiger partial charge in [-0.3, -0.25) is 9.59 Å². The Balaban J connectivity index is 2.19. The van der Waals surface area contributed by atoms with Crippen molar-refractivity contribution in [3.63, 3.8) is 0 Å². The van der Waals surface area contributed by atoms with Crippen LogP contribution in [-0.4, -0.2) is 44.4 Å². The molecule has 178 valence electrons. The minimum Gasteiger partial charge on any atom is -0.489 e. The molecule has 0 aliphatic carbocycles. The molecule has 2 amide bonds. The van der Waals surface area contributed by atoms with E-state index in [4.69, 9.17) is 27.9 Å². The second-order valence-electron chi connectivity index (χ2n) is 7.85. The first-order valence-electron chi connectivity index (χ1n) is 9.61. The number of amides is 2. The Bertz CT molecular complexity index is 1160. The van der Waals surface area contributed by atoms with Gasteiger partial charge < -0.3 is 15.4 Å². The lowest BCUT2D eigenvalue weighted by Crippen LogP contribution is -2.48. The van der Waals surface area contributed by atoms with Gasteiger partial charge in [0.2, 0.25) is 0 Å². The molecule has 0 unspecified atom stereocenters. The average molecular weight is 625 g/mol. The van der Waals surface area contributed by atoms with Crippen molar-refractivity contribution in [1.82, 2.24) is 5.32 Å². The lowest BCUT2D eigenvalue weighted by Gasteiger charge is -2.26. The Kier molecular flexibility index (Phi) is 9.59. The van der Waals surface area contributed by atoms with E-state index < -0.39 is 27.2 Å². The lowest BCUT2D eigenvalue weighted by molar-refractivity contribution is 0.0909. The van der Waals surface area contributed by atoms with Gasteiger partial charge in [-0.15, -0.1) is 0 Å². The van der Waals surface area contributed by atoms with Crippen LogP contribution in [0.5, 0.6) is 5.75 Å². The first-order chi connectivity index (χ1) is 15.3. The molecule has 7 nitrogen and oxygen atoms in total. The minimum atomic E-state index is -3.32. The van der Waals surface area contributed by atoms with Crippen LogP contribution in [0, 0.1) is 3.57 Å². The van der Waals surface area contributed by atoms with E-state index in [1.807, 2.05) is 22.6 Å². The highest BCUT2D eigenvalue weighted by Crippen LogP contribution is 2.22. The van der Waals surface area contributed by atoms with Crippen molar-refractivity contribution in [2.75, 3.05) is 23.9 Å². The van der Waals surface area contributed by atoms with E-state index >= 15 is 0 Å². The van der Waals surface area contributed by atoms with E-state index in [1.165, 1.54) is 12.1 Å². The summed E-state index contributed by atoms with van der Waals surface area (Å²) in [5.74, 6) is -0.697. The zero-order valence-corrected chi connectivity index (χ0v) is 22.6. The molecule has 0 spiro atoms. The molecule has 11 heteroatoms. The second-order valence-corrected chi connectivity index (χ2v) is 12.2. The number of rotatable bonds is 9. The summed E-state index contributed by atoms with van der Waals surface area (Å²) in [7, 11) is -3.32. The predicted molar refractivity (Wildman–Crippen MR) is 140 cm³/mol. The molecular weight excluding hydrogens is 602 g/mol. The van der Waals surface area contributed by atoms with Crippen molar-refractivity contribution < 1.29 is 22.7 Å². The molecule has 0 saturated heterocycles. The van der Waals surface area contributed by atoms with E-state index in [2.05, 4.69) is 10.6 Å². The third-order valence-electron chi connectivity index (χ3n) is 4.16. The molecule has 0 aliphatic heterocycles. The Morgan fingerprint density at radius 1 is 1.09 bits per heavy atom. The number of hydrogen-bond acceptors (Lipinski definition) is 5. The molecule has 0 aliphatic rings. The van der Waals surface area contributed by atoms with Crippen molar-refractivity contribution in [3.05, 3.63) is 67.7 Å². The third kappa shape index (κ3) is 9.15. The van der Waals surface area contributed by atoms with E-state index in [0.29, 0.717) is 15.0 Å². The molecule has 0 atom stereocenters. The molecule has 0 saturated carbocycles. The SMILES string of the molecule is CC(C)(CS(C)(=O)=O)NC(=O)c1c(I)cccc1C(=O)Nc1ccc(OCC=C(Cl)Cl)cc1. The smallest absolute Gasteiger partial charge is 0.256 e. The third-order valence-corrected chi connectivity index (χ3v) is 6.61. The summed E-state index contributed by atoms with van der Waals surface area (Å²) >= 11 is 13.0. The van der Waals surface area contributed by atoms with Gasteiger partial charge in [-0.1, -0.05) is 29.3 Å². The summed E-state index contributed by atoms with van der Waals surface area (Å²) in [6.07, 6.45) is 2.60.